The Morgan fingerprint density at radius 1 is 1.75 bits per heavy atom. The first kappa shape index (κ1) is 5.39. The SMILES string of the molecule is BrC#Cc1cc[nH]n1. The normalized spacial score (nSPS) is 7.62. The zero-order chi connectivity index (χ0) is 5.82. The lowest BCUT2D eigenvalue weighted by Gasteiger charge is -1.67. The van der Waals surface area contributed by atoms with Crippen LogP contribution in [0.25, 0.3) is 0 Å². The summed E-state index contributed by atoms with van der Waals surface area (Å²) in [5, 5.41) is 6.42. The van der Waals surface area contributed by atoms with E-state index in [0.29, 0.717) is 0 Å². The minimum atomic E-state index is 0.752. The Balaban J connectivity index is 2.88. The Morgan fingerprint density at radius 2 is 2.62 bits per heavy atom. The van der Waals surface area contributed by atoms with Gasteiger partial charge in [-0.15, -0.1) is 0 Å². The molecule has 1 aromatic heterocycles. The summed E-state index contributed by atoms with van der Waals surface area (Å²) in [5.41, 5.74) is 0.752. The molecule has 0 bridgehead atoms. The molecule has 0 aromatic carbocycles. The van der Waals surface area contributed by atoms with Crippen molar-refractivity contribution in [2.45, 2.75) is 0 Å². The van der Waals surface area contributed by atoms with Crippen LogP contribution in [0.1, 0.15) is 5.69 Å². The Bertz CT molecular complexity index is 204. The van der Waals surface area contributed by atoms with Gasteiger partial charge in [-0.05, 0) is 16.8 Å². The van der Waals surface area contributed by atoms with Crippen LogP contribution in [0.5, 0.6) is 0 Å². The quantitative estimate of drug-likeness (QED) is 0.582. The molecule has 0 saturated heterocycles. The minimum Gasteiger partial charge on any atom is -0.284 e. The van der Waals surface area contributed by atoms with Gasteiger partial charge in [0.05, 0.1) is 0 Å². The molecule has 0 aliphatic heterocycles. The second kappa shape index (κ2) is 2.53. The van der Waals surface area contributed by atoms with E-state index in [2.05, 4.69) is 36.9 Å². The molecular formula is C5H3BrN2. The molecule has 8 heavy (non-hydrogen) atoms. The van der Waals surface area contributed by atoms with Crippen molar-refractivity contribution in [3.63, 3.8) is 0 Å². The van der Waals surface area contributed by atoms with Gasteiger partial charge in [-0.25, -0.2) is 0 Å². The van der Waals surface area contributed by atoms with E-state index in [1.54, 1.807) is 12.3 Å². The summed E-state index contributed by atoms with van der Waals surface area (Å²) in [6.45, 7) is 0. The van der Waals surface area contributed by atoms with E-state index in [1.807, 2.05) is 0 Å². The number of rotatable bonds is 0. The molecule has 1 rings (SSSR count). The molecule has 0 atom stereocenters. The highest BCUT2D eigenvalue weighted by Gasteiger charge is 1.81. The number of aromatic nitrogens is 2. The fourth-order valence-corrected chi connectivity index (χ4v) is 0.581. The van der Waals surface area contributed by atoms with Gasteiger partial charge in [0.2, 0.25) is 0 Å². The highest BCUT2D eigenvalue weighted by atomic mass is 79.9. The van der Waals surface area contributed by atoms with Crippen molar-refractivity contribution < 1.29 is 0 Å². The van der Waals surface area contributed by atoms with Crippen LogP contribution in [0.2, 0.25) is 0 Å². The molecule has 0 fully saturated rings. The van der Waals surface area contributed by atoms with E-state index >= 15 is 0 Å². The maximum Gasteiger partial charge on any atom is 0.135 e. The third-order valence-corrected chi connectivity index (χ3v) is 0.874. The van der Waals surface area contributed by atoms with Crippen LogP contribution in [0.15, 0.2) is 12.3 Å². The summed E-state index contributed by atoms with van der Waals surface area (Å²) in [6.07, 6.45) is 1.73. The molecular weight excluding hydrogens is 168 g/mol. The monoisotopic (exact) mass is 170 g/mol. The van der Waals surface area contributed by atoms with Gasteiger partial charge in [-0.2, -0.15) is 5.10 Å². The third-order valence-electron chi connectivity index (χ3n) is 0.676. The van der Waals surface area contributed by atoms with E-state index in [4.69, 9.17) is 0 Å². The van der Waals surface area contributed by atoms with Gasteiger partial charge in [0.15, 0.2) is 0 Å². The predicted molar refractivity (Wildman–Crippen MR) is 34.4 cm³/mol. The maximum atomic E-state index is 3.78. The molecule has 1 N–H and O–H groups in total. The zero-order valence-electron chi connectivity index (χ0n) is 3.98. The first-order valence-electron chi connectivity index (χ1n) is 2.05. The zero-order valence-corrected chi connectivity index (χ0v) is 5.57. The van der Waals surface area contributed by atoms with Crippen LogP contribution in [0, 0.1) is 10.8 Å². The number of hydrogen-bond acceptors (Lipinski definition) is 1. The summed E-state index contributed by atoms with van der Waals surface area (Å²) < 4.78 is 0. The summed E-state index contributed by atoms with van der Waals surface area (Å²) in [4.78, 5) is 2.55. The highest BCUT2D eigenvalue weighted by molar-refractivity contribution is 9.12. The number of H-pyrrole nitrogens is 1. The summed E-state index contributed by atoms with van der Waals surface area (Å²) >= 11 is 2.96. The van der Waals surface area contributed by atoms with Crippen molar-refractivity contribution in [1.82, 2.24) is 10.2 Å². The smallest absolute Gasteiger partial charge is 0.135 e. The average molecular weight is 171 g/mol. The van der Waals surface area contributed by atoms with Gasteiger partial charge in [0.1, 0.15) is 5.69 Å². The Labute approximate surface area is 55.4 Å². The van der Waals surface area contributed by atoms with Gasteiger partial charge in [0, 0.05) is 22.1 Å². The van der Waals surface area contributed by atoms with Gasteiger partial charge in [0.25, 0.3) is 0 Å². The molecule has 0 spiro atoms. The lowest BCUT2D eigenvalue weighted by atomic mass is 10.5. The number of nitrogens with one attached hydrogen (secondary N) is 1. The highest BCUT2D eigenvalue weighted by Crippen LogP contribution is 1.86. The maximum absolute atomic E-state index is 3.78. The molecule has 0 radical (unpaired) electrons. The van der Waals surface area contributed by atoms with E-state index in [1.165, 1.54) is 0 Å². The van der Waals surface area contributed by atoms with Crippen molar-refractivity contribution in [3.8, 4) is 10.8 Å². The minimum absolute atomic E-state index is 0.752. The van der Waals surface area contributed by atoms with Crippen molar-refractivity contribution in [3.05, 3.63) is 18.0 Å². The van der Waals surface area contributed by atoms with Crippen molar-refractivity contribution in [1.29, 1.82) is 0 Å². The van der Waals surface area contributed by atoms with Gasteiger partial charge < -0.3 is 0 Å². The third kappa shape index (κ3) is 1.11. The molecule has 0 amide bonds. The van der Waals surface area contributed by atoms with Crippen LogP contribution < -0.4 is 0 Å². The Hall–Kier alpha value is -0.750. The van der Waals surface area contributed by atoms with E-state index in [0.717, 1.165) is 5.69 Å². The fraction of sp³-hybridized carbons (Fsp3) is 0. The molecule has 0 saturated carbocycles. The van der Waals surface area contributed by atoms with Gasteiger partial charge in [-0.1, -0.05) is 0 Å². The fourth-order valence-electron chi connectivity index (χ4n) is 0.378. The predicted octanol–water partition coefficient (Wildman–Crippen LogP) is 1.11. The number of hydrogen-bond donors (Lipinski definition) is 1. The van der Waals surface area contributed by atoms with Crippen LogP contribution in [0.3, 0.4) is 0 Å². The molecule has 1 heterocycles. The first-order chi connectivity index (χ1) is 3.93. The van der Waals surface area contributed by atoms with Crippen molar-refractivity contribution in [2.24, 2.45) is 0 Å². The molecule has 2 nitrogen and oxygen atoms in total. The first-order valence-corrected chi connectivity index (χ1v) is 2.84. The molecule has 0 aliphatic rings. The van der Waals surface area contributed by atoms with Gasteiger partial charge in [-0.3, -0.25) is 5.10 Å². The standard InChI is InChI=1S/C5H3BrN2/c6-3-1-5-2-4-7-8-5/h2,4H,(H,7,8). The lowest BCUT2D eigenvalue weighted by molar-refractivity contribution is 1.08. The average Bonchev–Trinajstić information content (AvgIpc) is 2.19. The van der Waals surface area contributed by atoms with Crippen LogP contribution in [-0.4, -0.2) is 10.2 Å². The molecule has 0 aliphatic carbocycles. The van der Waals surface area contributed by atoms with Gasteiger partial charge >= 0.3 is 0 Å². The largest absolute Gasteiger partial charge is 0.284 e. The number of halogens is 1. The summed E-state index contributed by atoms with van der Waals surface area (Å²) in [7, 11) is 0. The molecule has 1 aromatic rings. The number of nitrogens with zero attached hydrogens (tertiary/aromatic N) is 1. The second-order valence-electron chi connectivity index (χ2n) is 1.18. The van der Waals surface area contributed by atoms with E-state index in [-0.39, 0.29) is 0 Å². The second-order valence-corrected chi connectivity index (χ2v) is 1.58. The van der Waals surface area contributed by atoms with Crippen molar-refractivity contribution in [2.75, 3.05) is 0 Å². The van der Waals surface area contributed by atoms with E-state index < -0.39 is 0 Å². The van der Waals surface area contributed by atoms with Crippen LogP contribution >= 0.6 is 15.9 Å². The summed E-state index contributed by atoms with van der Waals surface area (Å²) in [6, 6.07) is 1.80. The Kier molecular flexibility index (Phi) is 1.70. The van der Waals surface area contributed by atoms with Crippen LogP contribution in [0.4, 0.5) is 0 Å². The van der Waals surface area contributed by atoms with Crippen LogP contribution in [-0.2, 0) is 0 Å². The lowest BCUT2D eigenvalue weighted by Crippen LogP contribution is -1.69. The Morgan fingerprint density at radius 3 is 3.12 bits per heavy atom. The molecule has 0 unspecified atom stereocenters. The molecule has 40 valence electrons. The number of aromatic amines is 1. The molecule has 3 heteroatoms. The topological polar surface area (TPSA) is 28.7 Å². The van der Waals surface area contributed by atoms with E-state index in [9.17, 15) is 0 Å². The van der Waals surface area contributed by atoms with Crippen molar-refractivity contribution >= 4 is 15.9 Å². The summed E-state index contributed by atoms with van der Waals surface area (Å²) in [5.74, 6) is 2.71.